The number of nitrogens with zero attached hydrogens (tertiary/aromatic N) is 4. The highest BCUT2D eigenvalue weighted by Crippen LogP contribution is 2.20. The average Bonchev–Trinajstić information content (AvgIpc) is 2.87. The van der Waals surface area contributed by atoms with Crippen LogP contribution in [0.3, 0.4) is 0 Å². The van der Waals surface area contributed by atoms with Crippen LogP contribution in [-0.4, -0.2) is 25.5 Å². The van der Waals surface area contributed by atoms with Crippen molar-refractivity contribution < 1.29 is 4.79 Å². The van der Waals surface area contributed by atoms with Gasteiger partial charge in [-0.1, -0.05) is 17.7 Å². The Morgan fingerprint density at radius 1 is 1.40 bits per heavy atom. The van der Waals surface area contributed by atoms with E-state index < -0.39 is 5.91 Å². The summed E-state index contributed by atoms with van der Waals surface area (Å²) in [4.78, 5) is 20.2. The average molecular weight is 288 g/mol. The van der Waals surface area contributed by atoms with Gasteiger partial charge in [0.05, 0.1) is 0 Å². The lowest BCUT2D eigenvalue weighted by Gasteiger charge is -2.06. The molecule has 0 unspecified atom stereocenters. The summed E-state index contributed by atoms with van der Waals surface area (Å²) in [6.45, 7) is 1.88. The number of nitrogens with one attached hydrogen (secondary N) is 1. The molecule has 3 aromatic rings. The Kier molecular flexibility index (Phi) is 3.08. The molecular weight excluding hydrogens is 278 g/mol. The zero-order chi connectivity index (χ0) is 14.1. The summed E-state index contributed by atoms with van der Waals surface area (Å²) in [6.07, 6.45) is 3.27. The van der Waals surface area contributed by atoms with Gasteiger partial charge in [-0.3, -0.25) is 4.79 Å². The minimum Gasteiger partial charge on any atom is -0.319 e. The molecule has 0 aliphatic carbocycles. The van der Waals surface area contributed by atoms with E-state index in [-0.39, 0.29) is 5.82 Å². The molecule has 2 heterocycles. The van der Waals surface area contributed by atoms with Crippen molar-refractivity contribution in [2.24, 2.45) is 0 Å². The lowest BCUT2D eigenvalue weighted by atomic mass is 10.2. The minimum atomic E-state index is -0.402. The predicted molar refractivity (Wildman–Crippen MR) is 74.9 cm³/mol. The second-order valence-corrected chi connectivity index (χ2v) is 4.65. The van der Waals surface area contributed by atoms with E-state index in [0.29, 0.717) is 16.5 Å². The second kappa shape index (κ2) is 4.90. The Hall–Kier alpha value is -2.47. The molecule has 6 nitrogen and oxygen atoms in total. The van der Waals surface area contributed by atoms with E-state index in [2.05, 4.69) is 20.4 Å². The maximum absolute atomic E-state index is 12.1. The molecule has 0 saturated carbocycles. The van der Waals surface area contributed by atoms with Gasteiger partial charge in [0.2, 0.25) is 5.82 Å². The van der Waals surface area contributed by atoms with E-state index in [4.69, 9.17) is 11.6 Å². The molecular formula is C13H10ClN5O. The van der Waals surface area contributed by atoms with E-state index in [1.165, 1.54) is 4.52 Å². The zero-order valence-electron chi connectivity index (χ0n) is 10.5. The number of rotatable bonds is 2. The van der Waals surface area contributed by atoms with Gasteiger partial charge in [0.1, 0.15) is 0 Å². The molecule has 0 fully saturated rings. The van der Waals surface area contributed by atoms with E-state index >= 15 is 0 Å². The highest BCUT2D eigenvalue weighted by Gasteiger charge is 2.14. The first-order valence-corrected chi connectivity index (χ1v) is 6.26. The third kappa shape index (κ3) is 2.33. The summed E-state index contributed by atoms with van der Waals surface area (Å²) in [6, 6.07) is 6.99. The number of anilines is 1. The van der Waals surface area contributed by atoms with Crippen LogP contribution >= 0.6 is 11.6 Å². The molecule has 0 atom stereocenters. The quantitative estimate of drug-likeness (QED) is 0.785. The van der Waals surface area contributed by atoms with Crippen molar-refractivity contribution in [3.05, 3.63) is 53.1 Å². The largest absolute Gasteiger partial charge is 0.319 e. The lowest BCUT2D eigenvalue weighted by Crippen LogP contribution is -2.14. The summed E-state index contributed by atoms with van der Waals surface area (Å²) in [5.74, 6) is 0.0319. The van der Waals surface area contributed by atoms with Gasteiger partial charge in [-0.05, 0) is 30.7 Å². The van der Waals surface area contributed by atoms with Crippen molar-refractivity contribution in [2.75, 3.05) is 5.32 Å². The fourth-order valence-corrected chi connectivity index (χ4v) is 1.91. The summed E-state index contributed by atoms with van der Waals surface area (Å²) in [5, 5.41) is 7.35. The number of carbonyl (C=O) groups is 1. The number of halogens is 1. The summed E-state index contributed by atoms with van der Waals surface area (Å²) >= 11 is 5.91. The molecule has 0 saturated heterocycles. The van der Waals surface area contributed by atoms with Gasteiger partial charge in [-0.15, -0.1) is 5.10 Å². The monoisotopic (exact) mass is 287 g/mol. The maximum atomic E-state index is 12.1. The van der Waals surface area contributed by atoms with Gasteiger partial charge in [0, 0.05) is 23.1 Å². The molecule has 100 valence electrons. The van der Waals surface area contributed by atoms with Crippen LogP contribution in [0.2, 0.25) is 5.02 Å². The number of hydrogen-bond acceptors (Lipinski definition) is 4. The Bertz CT molecular complexity index is 765. The number of fused-ring (bicyclic) bond motifs is 1. The highest BCUT2D eigenvalue weighted by molar-refractivity contribution is 6.31. The second-order valence-electron chi connectivity index (χ2n) is 4.21. The number of aromatic nitrogens is 4. The van der Waals surface area contributed by atoms with Gasteiger partial charge >= 0.3 is 0 Å². The van der Waals surface area contributed by atoms with Crippen LogP contribution in [0.5, 0.6) is 0 Å². The topological polar surface area (TPSA) is 72.2 Å². The van der Waals surface area contributed by atoms with Gasteiger partial charge < -0.3 is 5.32 Å². The summed E-state index contributed by atoms with van der Waals surface area (Å²) < 4.78 is 1.44. The fraction of sp³-hybridized carbons (Fsp3) is 0.0769. The molecule has 0 aliphatic heterocycles. The predicted octanol–water partition coefficient (Wildman–Crippen LogP) is 2.34. The lowest BCUT2D eigenvalue weighted by molar-refractivity contribution is 0.101. The van der Waals surface area contributed by atoms with Crippen LogP contribution < -0.4 is 5.32 Å². The molecule has 7 heteroatoms. The third-order valence-electron chi connectivity index (χ3n) is 2.77. The highest BCUT2D eigenvalue weighted by atomic mass is 35.5. The van der Waals surface area contributed by atoms with Crippen molar-refractivity contribution in [1.82, 2.24) is 19.6 Å². The Morgan fingerprint density at radius 3 is 3.05 bits per heavy atom. The number of aryl methyl sites for hydroxylation is 1. The molecule has 2 aromatic heterocycles. The Morgan fingerprint density at radius 2 is 2.25 bits per heavy atom. The number of amides is 1. The van der Waals surface area contributed by atoms with Crippen molar-refractivity contribution in [3.8, 4) is 0 Å². The van der Waals surface area contributed by atoms with Gasteiger partial charge in [-0.2, -0.15) is 4.98 Å². The Labute approximate surface area is 119 Å². The van der Waals surface area contributed by atoms with Crippen molar-refractivity contribution in [3.63, 3.8) is 0 Å². The van der Waals surface area contributed by atoms with Crippen LogP contribution in [0.15, 0.2) is 36.7 Å². The summed E-state index contributed by atoms with van der Waals surface area (Å²) in [5.41, 5.74) is 1.54. The van der Waals surface area contributed by atoms with Crippen LogP contribution in [0, 0.1) is 6.92 Å². The molecule has 0 spiro atoms. The molecule has 20 heavy (non-hydrogen) atoms. The smallest absolute Gasteiger partial charge is 0.295 e. The number of hydrogen-bond donors (Lipinski definition) is 1. The Balaban J connectivity index is 1.90. The molecule has 0 aliphatic rings. The first-order valence-electron chi connectivity index (χ1n) is 5.88. The molecule has 0 radical (unpaired) electrons. The molecule has 0 bridgehead atoms. The fourth-order valence-electron chi connectivity index (χ4n) is 1.74. The van der Waals surface area contributed by atoms with E-state index in [1.807, 2.05) is 13.0 Å². The van der Waals surface area contributed by atoms with Crippen LogP contribution in [0.4, 0.5) is 5.69 Å². The number of benzene rings is 1. The van der Waals surface area contributed by atoms with Crippen molar-refractivity contribution in [1.29, 1.82) is 0 Å². The molecule has 1 N–H and O–H groups in total. The third-order valence-corrected chi connectivity index (χ3v) is 3.00. The standard InChI is InChI=1S/C13H10ClN5O/c1-8-3-4-9(14)7-10(8)16-12(20)11-17-13-15-5-2-6-19(13)18-11/h2-7H,1H3,(H,16,20). The molecule has 1 amide bonds. The first kappa shape index (κ1) is 12.6. The van der Waals surface area contributed by atoms with Gasteiger partial charge in [0.15, 0.2) is 0 Å². The van der Waals surface area contributed by atoms with Gasteiger partial charge in [0.25, 0.3) is 11.7 Å². The molecule has 1 aromatic carbocycles. The molecule has 3 rings (SSSR count). The van der Waals surface area contributed by atoms with Gasteiger partial charge in [-0.25, -0.2) is 9.50 Å². The normalized spacial score (nSPS) is 10.7. The van der Waals surface area contributed by atoms with Crippen LogP contribution in [-0.2, 0) is 0 Å². The van der Waals surface area contributed by atoms with E-state index in [0.717, 1.165) is 5.56 Å². The van der Waals surface area contributed by atoms with E-state index in [9.17, 15) is 4.79 Å². The summed E-state index contributed by atoms with van der Waals surface area (Å²) in [7, 11) is 0. The first-order chi connectivity index (χ1) is 9.63. The van der Waals surface area contributed by atoms with Crippen LogP contribution in [0.25, 0.3) is 5.78 Å². The SMILES string of the molecule is Cc1ccc(Cl)cc1NC(=O)c1nc2ncccn2n1. The zero-order valence-corrected chi connectivity index (χ0v) is 11.3. The maximum Gasteiger partial charge on any atom is 0.295 e. The van der Waals surface area contributed by atoms with Crippen molar-refractivity contribution in [2.45, 2.75) is 6.92 Å². The minimum absolute atomic E-state index is 0.0584. The van der Waals surface area contributed by atoms with E-state index in [1.54, 1.807) is 30.6 Å². The number of carbonyl (C=O) groups excluding carboxylic acids is 1. The van der Waals surface area contributed by atoms with Crippen molar-refractivity contribution >= 4 is 29.0 Å². The van der Waals surface area contributed by atoms with Crippen LogP contribution in [0.1, 0.15) is 16.2 Å².